The molecule has 0 fully saturated rings. The maximum absolute atomic E-state index is 2.49. The second-order valence-corrected chi connectivity index (χ2v) is 13.3. The van der Waals surface area contributed by atoms with Gasteiger partial charge in [-0.2, -0.15) is 0 Å². The summed E-state index contributed by atoms with van der Waals surface area (Å²) in [5, 5.41) is 3.94. The molecule has 2 aromatic heterocycles. The number of rotatable bonds is 11. The van der Waals surface area contributed by atoms with E-state index in [1.807, 2.05) is 0 Å². The van der Waals surface area contributed by atoms with Crippen LogP contribution >= 0.6 is 0 Å². The molecule has 2 nitrogen and oxygen atoms in total. The van der Waals surface area contributed by atoms with Crippen LogP contribution in [0.3, 0.4) is 0 Å². The molecule has 2 heteroatoms. The number of allylic oxidation sites excluding steroid dienone is 2. The molecule has 0 aliphatic heterocycles. The van der Waals surface area contributed by atoms with Crippen molar-refractivity contribution in [2.24, 2.45) is 0 Å². The maximum atomic E-state index is 2.49. The van der Waals surface area contributed by atoms with Gasteiger partial charge in [0.25, 0.3) is 0 Å². The molecule has 8 rings (SSSR count). The Morgan fingerprint density at radius 3 is 1.88 bits per heavy atom. The summed E-state index contributed by atoms with van der Waals surface area (Å²) in [7, 11) is 0. The van der Waals surface area contributed by atoms with Crippen molar-refractivity contribution in [1.82, 2.24) is 9.13 Å². The lowest BCUT2D eigenvalue weighted by Gasteiger charge is -2.14. The highest BCUT2D eigenvalue weighted by atomic mass is 15.0. The summed E-state index contributed by atoms with van der Waals surface area (Å²) in [6.07, 6.45) is 20.8. The Kier molecular flexibility index (Phi) is 8.56. The van der Waals surface area contributed by atoms with Gasteiger partial charge in [-0.3, -0.25) is 0 Å². The summed E-state index contributed by atoms with van der Waals surface area (Å²) in [4.78, 5) is 0. The van der Waals surface area contributed by atoms with Gasteiger partial charge in [-0.05, 0) is 90.9 Å². The average Bonchev–Trinajstić information content (AvgIpc) is 3.66. The van der Waals surface area contributed by atoms with Crippen LogP contribution in [0.5, 0.6) is 0 Å². The molecular formula is C46H44N2. The van der Waals surface area contributed by atoms with Gasteiger partial charge in [-0.25, -0.2) is 0 Å². The predicted octanol–water partition coefficient (Wildman–Crippen LogP) is 13.1. The van der Waals surface area contributed by atoms with Crippen molar-refractivity contribution in [3.8, 4) is 22.5 Å². The van der Waals surface area contributed by atoms with E-state index >= 15 is 0 Å². The van der Waals surface area contributed by atoms with Crippen LogP contribution in [-0.4, -0.2) is 9.13 Å². The lowest BCUT2D eigenvalue weighted by atomic mass is 10.0. The Hall–Kier alpha value is -5.08. The zero-order valence-corrected chi connectivity index (χ0v) is 28.0. The van der Waals surface area contributed by atoms with Crippen molar-refractivity contribution in [3.63, 3.8) is 0 Å². The molecule has 0 saturated carbocycles. The molecule has 1 aliphatic rings. The van der Waals surface area contributed by atoms with Crippen LogP contribution in [0.15, 0.2) is 127 Å². The minimum Gasteiger partial charge on any atom is -0.313 e. The van der Waals surface area contributed by atoms with Crippen LogP contribution in [0.1, 0.15) is 75.1 Å². The largest absolute Gasteiger partial charge is 0.313 e. The molecule has 0 radical (unpaired) electrons. The lowest BCUT2D eigenvalue weighted by molar-refractivity contribution is 0.611. The molecule has 0 bridgehead atoms. The highest BCUT2D eigenvalue weighted by Crippen LogP contribution is 2.36. The van der Waals surface area contributed by atoms with Gasteiger partial charge in [-0.15, -0.1) is 0 Å². The van der Waals surface area contributed by atoms with Gasteiger partial charge in [0.05, 0.1) is 16.6 Å². The normalized spacial score (nSPS) is 12.9. The van der Waals surface area contributed by atoms with E-state index in [4.69, 9.17) is 0 Å². The smallest absolute Gasteiger partial charge is 0.0541 e. The summed E-state index contributed by atoms with van der Waals surface area (Å²) in [5.41, 5.74) is 12.7. The topological polar surface area (TPSA) is 9.86 Å². The minimum absolute atomic E-state index is 1.07. The van der Waals surface area contributed by atoms with E-state index < -0.39 is 0 Å². The van der Waals surface area contributed by atoms with Crippen LogP contribution in [0, 0.1) is 0 Å². The molecule has 0 unspecified atom stereocenters. The number of nitrogens with zero attached hydrogens (tertiary/aromatic N) is 2. The summed E-state index contributed by atoms with van der Waals surface area (Å²) in [6.45, 7) is 2.28. The monoisotopic (exact) mass is 624 g/mol. The van der Waals surface area contributed by atoms with Gasteiger partial charge < -0.3 is 9.13 Å². The summed E-state index contributed by atoms with van der Waals surface area (Å²) in [5.74, 6) is 0. The van der Waals surface area contributed by atoms with Crippen LogP contribution < -0.4 is 0 Å². The molecule has 0 amide bonds. The number of hydrogen-bond acceptors (Lipinski definition) is 0. The quantitative estimate of drug-likeness (QED) is 0.127. The van der Waals surface area contributed by atoms with Crippen LogP contribution in [0.2, 0.25) is 0 Å². The van der Waals surface area contributed by atoms with Gasteiger partial charge in [0.15, 0.2) is 0 Å². The summed E-state index contributed by atoms with van der Waals surface area (Å²) < 4.78 is 4.87. The first-order chi connectivity index (χ1) is 23.8. The van der Waals surface area contributed by atoms with Crippen molar-refractivity contribution in [3.05, 3.63) is 144 Å². The van der Waals surface area contributed by atoms with Crippen molar-refractivity contribution < 1.29 is 0 Å². The lowest BCUT2D eigenvalue weighted by Crippen LogP contribution is -2.02. The van der Waals surface area contributed by atoms with Crippen molar-refractivity contribution in [2.75, 3.05) is 0 Å². The second-order valence-electron chi connectivity index (χ2n) is 13.3. The third kappa shape index (κ3) is 5.70. The zero-order valence-electron chi connectivity index (χ0n) is 28.0. The predicted molar refractivity (Wildman–Crippen MR) is 207 cm³/mol. The van der Waals surface area contributed by atoms with Gasteiger partial charge in [-0.1, -0.05) is 130 Å². The fourth-order valence-corrected chi connectivity index (χ4v) is 7.71. The third-order valence-electron chi connectivity index (χ3n) is 10.2. The van der Waals surface area contributed by atoms with E-state index in [0.29, 0.717) is 0 Å². The van der Waals surface area contributed by atoms with Crippen molar-refractivity contribution in [2.45, 2.75) is 64.7 Å². The average molecular weight is 625 g/mol. The van der Waals surface area contributed by atoms with Gasteiger partial charge in [0.1, 0.15) is 0 Å². The first-order valence-corrected chi connectivity index (χ1v) is 18.0. The highest BCUT2D eigenvalue weighted by molar-refractivity contribution is 6.09. The van der Waals surface area contributed by atoms with E-state index in [0.717, 1.165) is 12.8 Å². The Balaban J connectivity index is 1.05. The van der Waals surface area contributed by atoms with Crippen LogP contribution in [0.25, 0.3) is 67.4 Å². The molecule has 5 aromatic carbocycles. The summed E-state index contributed by atoms with van der Waals surface area (Å²) >= 11 is 0. The Morgan fingerprint density at radius 2 is 1.19 bits per heavy atom. The maximum Gasteiger partial charge on any atom is 0.0541 e. The second kappa shape index (κ2) is 13.6. The molecule has 0 N–H and O–H groups in total. The molecule has 0 saturated heterocycles. The standard InChI is InChI=1S/C46H44N2/c1-2-3-4-5-6-7-8-9-16-34-23-32-46-42(33-34)41-19-12-15-22-45(41)48(46)38-30-26-36(27-31-38)35-24-28-37(29-25-35)47-43-20-13-10-17-39(43)40-18-11-14-21-44(40)47/h9-14,16-21,23-33H,2-8,15,22H2,1H3/b16-9+. The molecule has 0 atom stereocenters. The number of unbranched alkanes of at least 4 members (excludes halogenated alkanes) is 6. The van der Waals surface area contributed by atoms with E-state index in [2.05, 4.69) is 156 Å². The fraction of sp³-hybridized carbons (Fsp3) is 0.217. The first kappa shape index (κ1) is 30.3. The Labute approximate surface area is 284 Å². The molecule has 2 heterocycles. The van der Waals surface area contributed by atoms with E-state index in [-0.39, 0.29) is 0 Å². The Morgan fingerprint density at radius 1 is 0.583 bits per heavy atom. The molecule has 0 spiro atoms. The SMILES string of the molecule is CCCCCCCC/C=C/c1ccc2c(c1)c1c(n2-c2ccc(-c3ccc(-n4c5ccccc5c5ccccc54)cc3)cc2)CCC=C1. The van der Waals surface area contributed by atoms with E-state index in [1.165, 1.54) is 117 Å². The summed E-state index contributed by atoms with van der Waals surface area (Å²) in [6, 6.07) is 42.6. The molecule has 7 aromatic rings. The van der Waals surface area contributed by atoms with Gasteiger partial charge >= 0.3 is 0 Å². The Bertz CT molecular complexity index is 2200. The van der Waals surface area contributed by atoms with E-state index in [1.54, 1.807) is 0 Å². The van der Waals surface area contributed by atoms with Crippen LogP contribution in [-0.2, 0) is 6.42 Å². The highest BCUT2D eigenvalue weighted by Gasteiger charge is 2.19. The zero-order chi connectivity index (χ0) is 32.3. The molecule has 48 heavy (non-hydrogen) atoms. The number of hydrogen-bond donors (Lipinski definition) is 0. The number of benzene rings is 5. The van der Waals surface area contributed by atoms with Gasteiger partial charge in [0.2, 0.25) is 0 Å². The number of para-hydroxylation sites is 2. The molecule has 1 aliphatic carbocycles. The van der Waals surface area contributed by atoms with E-state index in [9.17, 15) is 0 Å². The minimum atomic E-state index is 1.07. The van der Waals surface area contributed by atoms with Crippen molar-refractivity contribution >= 4 is 44.9 Å². The molecular weight excluding hydrogens is 581 g/mol. The fourth-order valence-electron chi connectivity index (χ4n) is 7.71. The number of fused-ring (bicyclic) bond motifs is 6. The third-order valence-corrected chi connectivity index (χ3v) is 10.2. The van der Waals surface area contributed by atoms with Crippen molar-refractivity contribution in [1.29, 1.82) is 0 Å². The number of aromatic nitrogens is 2. The molecule has 238 valence electrons. The first-order valence-electron chi connectivity index (χ1n) is 18.0. The van der Waals surface area contributed by atoms with Crippen LogP contribution in [0.4, 0.5) is 0 Å². The van der Waals surface area contributed by atoms with Gasteiger partial charge in [0, 0.05) is 38.8 Å².